The molecule has 2 unspecified atom stereocenters. The van der Waals surface area contributed by atoms with Gasteiger partial charge in [0.05, 0.1) is 10.3 Å². The number of carbonyl (C=O) groups is 3. The van der Waals surface area contributed by atoms with Crippen molar-refractivity contribution in [3.8, 4) is 0 Å². The Labute approximate surface area is 133 Å². The number of carbonyl (C=O) groups excluding carboxylic acids is 2. The van der Waals surface area contributed by atoms with Gasteiger partial charge in [-0.2, -0.15) is 0 Å². The Morgan fingerprint density at radius 3 is 2.77 bits per heavy atom. The molecule has 0 saturated carbocycles. The van der Waals surface area contributed by atoms with Gasteiger partial charge in [0, 0.05) is 13.1 Å². The Bertz CT molecular complexity index is 572. The van der Waals surface area contributed by atoms with Crippen LogP contribution < -0.4 is 5.32 Å². The highest BCUT2D eigenvalue weighted by atomic mass is 32.1. The van der Waals surface area contributed by atoms with Gasteiger partial charge >= 0.3 is 5.97 Å². The van der Waals surface area contributed by atoms with Crippen molar-refractivity contribution in [3.63, 3.8) is 0 Å². The molecular weight excluding hydrogens is 304 g/mol. The first-order valence-electron chi connectivity index (χ1n) is 7.20. The van der Waals surface area contributed by atoms with Crippen molar-refractivity contribution >= 4 is 29.1 Å². The van der Waals surface area contributed by atoms with Crippen molar-refractivity contribution in [2.24, 2.45) is 5.41 Å². The van der Waals surface area contributed by atoms with E-state index in [2.05, 4.69) is 5.32 Å². The number of hydrogen-bond donors (Lipinski definition) is 2. The molecule has 1 fully saturated rings. The number of carboxylic acid groups (broad SMARTS) is 1. The van der Waals surface area contributed by atoms with Crippen LogP contribution in [0.2, 0.25) is 0 Å². The zero-order valence-electron chi connectivity index (χ0n) is 12.7. The molecule has 2 amide bonds. The third-order valence-corrected chi connectivity index (χ3v) is 4.86. The van der Waals surface area contributed by atoms with Crippen LogP contribution >= 0.6 is 11.3 Å². The average molecular weight is 324 g/mol. The summed E-state index contributed by atoms with van der Waals surface area (Å²) in [6, 6.07) is 2.79. The van der Waals surface area contributed by atoms with E-state index in [1.54, 1.807) is 31.4 Å². The lowest BCUT2D eigenvalue weighted by atomic mass is 9.82. The number of aliphatic carboxylic acids is 1. The second-order valence-corrected chi connectivity index (χ2v) is 6.85. The van der Waals surface area contributed by atoms with Gasteiger partial charge < -0.3 is 15.3 Å². The number of nitrogens with one attached hydrogen (secondary N) is 1. The fraction of sp³-hybridized carbons (Fsp3) is 0.533. The largest absolute Gasteiger partial charge is 0.481 e. The number of nitrogens with zero attached hydrogens (tertiary/aromatic N) is 1. The first-order chi connectivity index (χ1) is 10.3. The second kappa shape index (κ2) is 6.48. The third kappa shape index (κ3) is 3.47. The molecule has 7 heteroatoms. The third-order valence-electron chi connectivity index (χ3n) is 3.99. The van der Waals surface area contributed by atoms with Crippen molar-refractivity contribution in [1.82, 2.24) is 10.2 Å². The molecule has 1 aromatic heterocycles. The standard InChI is InChI=1S/C15H20N2O4S/c1-10(16-12(18)11-5-3-8-22-11)13(19)17-7-4-6-15(2,9-17)14(20)21/h3,5,8,10H,4,6-7,9H2,1-2H3,(H,16,18)(H,20,21). The Hall–Kier alpha value is -1.89. The smallest absolute Gasteiger partial charge is 0.311 e. The van der Waals surface area contributed by atoms with Gasteiger partial charge in [0.2, 0.25) is 5.91 Å². The van der Waals surface area contributed by atoms with Gasteiger partial charge in [-0.15, -0.1) is 11.3 Å². The summed E-state index contributed by atoms with van der Waals surface area (Å²) in [4.78, 5) is 37.8. The van der Waals surface area contributed by atoms with Gasteiger partial charge in [-0.3, -0.25) is 14.4 Å². The summed E-state index contributed by atoms with van der Waals surface area (Å²) in [7, 11) is 0. The van der Waals surface area contributed by atoms with Crippen LogP contribution in [0.5, 0.6) is 0 Å². The molecule has 2 atom stereocenters. The van der Waals surface area contributed by atoms with Gasteiger partial charge in [0.15, 0.2) is 0 Å². The average Bonchev–Trinajstić information content (AvgIpc) is 3.00. The first kappa shape index (κ1) is 16.5. The maximum absolute atomic E-state index is 12.4. The van der Waals surface area contributed by atoms with Crippen molar-refractivity contribution in [1.29, 1.82) is 0 Å². The van der Waals surface area contributed by atoms with Crippen molar-refractivity contribution in [2.45, 2.75) is 32.7 Å². The van der Waals surface area contributed by atoms with Crippen LogP contribution in [-0.4, -0.2) is 46.9 Å². The van der Waals surface area contributed by atoms with Crippen LogP contribution in [0.25, 0.3) is 0 Å². The fourth-order valence-corrected chi connectivity index (χ4v) is 3.24. The molecule has 0 aliphatic carbocycles. The summed E-state index contributed by atoms with van der Waals surface area (Å²) in [5, 5.41) is 13.8. The highest BCUT2D eigenvalue weighted by Crippen LogP contribution is 2.29. The van der Waals surface area contributed by atoms with E-state index in [0.29, 0.717) is 24.3 Å². The number of likely N-dealkylation sites (tertiary alicyclic amines) is 1. The molecule has 0 bridgehead atoms. The molecule has 1 aliphatic rings. The summed E-state index contributed by atoms with van der Waals surface area (Å²) < 4.78 is 0. The summed E-state index contributed by atoms with van der Waals surface area (Å²) in [5.74, 6) is -1.41. The molecule has 2 heterocycles. The van der Waals surface area contributed by atoms with E-state index in [1.807, 2.05) is 0 Å². The van der Waals surface area contributed by atoms with E-state index in [9.17, 15) is 19.5 Å². The summed E-state index contributed by atoms with van der Waals surface area (Å²) in [5.41, 5.74) is -0.911. The number of thiophene rings is 1. The van der Waals surface area contributed by atoms with Gasteiger partial charge in [-0.1, -0.05) is 6.07 Å². The highest BCUT2D eigenvalue weighted by molar-refractivity contribution is 7.12. The molecule has 22 heavy (non-hydrogen) atoms. The Kier molecular flexibility index (Phi) is 4.85. The van der Waals surface area contributed by atoms with E-state index in [1.165, 1.54) is 16.2 Å². The fourth-order valence-electron chi connectivity index (χ4n) is 2.61. The highest BCUT2D eigenvalue weighted by Gasteiger charge is 2.40. The molecule has 0 spiro atoms. The lowest BCUT2D eigenvalue weighted by Crippen LogP contribution is -2.53. The van der Waals surface area contributed by atoms with Crippen LogP contribution in [0.1, 0.15) is 36.4 Å². The summed E-state index contributed by atoms with van der Waals surface area (Å²) in [6.07, 6.45) is 1.21. The van der Waals surface area contributed by atoms with E-state index >= 15 is 0 Å². The number of carboxylic acids is 1. The number of amides is 2. The monoisotopic (exact) mass is 324 g/mol. The van der Waals surface area contributed by atoms with Crippen LogP contribution in [0, 0.1) is 5.41 Å². The van der Waals surface area contributed by atoms with Gasteiger partial charge in [-0.25, -0.2) is 0 Å². The minimum absolute atomic E-state index is 0.181. The van der Waals surface area contributed by atoms with Crippen molar-refractivity contribution in [2.75, 3.05) is 13.1 Å². The minimum Gasteiger partial charge on any atom is -0.481 e. The molecule has 6 nitrogen and oxygen atoms in total. The molecule has 1 aromatic rings. The quantitative estimate of drug-likeness (QED) is 0.880. The molecular formula is C15H20N2O4S. The minimum atomic E-state index is -0.911. The van der Waals surface area contributed by atoms with E-state index in [0.717, 1.165) is 0 Å². The predicted octanol–water partition coefficient (Wildman–Crippen LogP) is 1.58. The first-order valence-corrected chi connectivity index (χ1v) is 8.08. The number of rotatable bonds is 4. The molecule has 2 N–H and O–H groups in total. The van der Waals surface area contributed by atoms with Crippen LogP contribution in [0.15, 0.2) is 17.5 Å². The summed E-state index contributed by atoms with van der Waals surface area (Å²) in [6.45, 7) is 3.99. The van der Waals surface area contributed by atoms with E-state index in [-0.39, 0.29) is 18.4 Å². The van der Waals surface area contributed by atoms with Crippen molar-refractivity contribution < 1.29 is 19.5 Å². The number of hydrogen-bond acceptors (Lipinski definition) is 4. The summed E-state index contributed by atoms with van der Waals surface area (Å²) >= 11 is 1.31. The normalized spacial score (nSPS) is 22.9. The van der Waals surface area contributed by atoms with Gasteiger partial charge in [0.1, 0.15) is 6.04 Å². The number of piperidine rings is 1. The Balaban J connectivity index is 1.98. The van der Waals surface area contributed by atoms with E-state index in [4.69, 9.17) is 0 Å². The van der Waals surface area contributed by atoms with Gasteiger partial charge in [0.25, 0.3) is 5.91 Å². The molecule has 0 radical (unpaired) electrons. The van der Waals surface area contributed by atoms with Crippen LogP contribution in [0.3, 0.4) is 0 Å². The maximum atomic E-state index is 12.4. The van der Waals surface area contributed by atoms with Crippen LogP contribution in [0.4, 0.5) is 0 Å². The predicted molar refractivity (Wildman–Crippen MR) is 82.8 cm³/mol. The van der Waals surface area contributed by atoms with Gasteiger partial charge in [-0.05, 0) is 38.1 Å². The Morgan fingerprint density at radius 2 is 2.18 bits per heavy atom. The lowest BCUT2D eigenvalue weighted by Gasteiger charge is -2.38. The van der Waals surface area contributed by atoms with Crippen molar-refractivity contribution in [3.05, 3.63) is 22.4 Å². The SMILES string of the molecule is CC(NC(=O)c1cccs1)C(=O)N1CCCC(C)(C(=O)O)C1. The maximum Gasteiger partial charge on any atom is 0.311 e. The van der Waals surface area contributed by atoms with E-state index < -0.39 is 17.4 Å². The lowest BCUT2D eigenvalue weighted by molar-refractivity contribution is -0.153. The Morgan fingerprint density at radius 1 is 1.45 bits per heavy atom. The second-order valence-electron chi connectivity index (χ2n) is 5.90. The molecule has 1 aliphatic heterocycles. The molecule has 1 saturated heterocycles. The molecule has 0 aromatic carbocycles. The molecule has 2 rings (SSSR count). The zero-order chi connectivity index (χ0) is 16.3. The molecule has 120 valence electrons. The zero-order valence-corrected chi connectivity index (χ0v) is 13.5. The van der Waals surface area contributed by atoms with Crippen LogP contribution in [-0.2, 0) is 9.59 Å². The topological polar surface area (TPSA) is 86.7 Å².